The lowest BCUT2D eigenvalue weighted by atomic mass is 9.83. The van der Waals surface area contributed by atoms with Crippen molar-refractivity contribution in [2.45, 2.75) is 82.5 Å². The van der Waals surface area contributed by atoms with Crippen molar-refractivity contribution in [3.05, 3.63) is 39.9 Å². The van der Waals surface area contributed by atoms with Crippen molar-refractivity contribution in [3.8, 4) is 0 Å². The summed E-state index contributed by atoms with van der Waals surface area (Å²) >= 11 is 0. The Morgan fingerprint density at radius 3 is 2.26 bits per heavy atom. The van der Waals surface area contributed by atoms with E-state index in [1.54, 1.807) is 0 Å². The van der Waals surface area contributed by atoms with Crippen LogP contribution in [0.25, 0.3) is 0 Å². The minimum Gasteiger partial charge on any atom is -0.467 e. The number of non-ortho nitro benzene ring substituents is 1. The molecule has 3 amide bonds. The number of benzene rings is 1. The molecule has 0 bridgehead atoms. The molecular weight excluding hydrogens is 550 g/mol. The lowest BCUT2D eigenvalue weighted by Crippen LogP contribution is -2.60. The van der Waals surface area contributed by atoms with Crippen molar-refractivity contribution in [2.24, 2.45) is 22.4 Å². The van der Waals surface area contributed by atoms with E-state index >= 15 is 0 Å². The molecule has 1 aliphatic rings. The van der Waals surface area contributed by atoms with Gasteiger partial charge in [0.1, 0.15) is 18.1 Å². The predicted molar refractivity (Wildman–Crippen MR) is 153 cm³/mol. The van der Waals surface area contributed by atoms with Crippen molar-refractivity contribution in [2.75, 3.05) is 13.7 Å². The van der Waals surface area contributed by atoms with Gasteiger partial charge < -0.3 is 37.3 Å². The first-order valence-electron chi connectivity index (χ1n) is 13.9. The molecule has 42 heavy (non-hydrogen) atoms. The summed E-state index contributed by atoms with van der Waals surface area (Å²) in [6.07, 6.45) is 3.14. The van der Waals surface area contributed by atoms with Crippen molar-refractivity contribution in [1.82, 2.24) is 16.0 Å². The molecule has 1 fully saturated rings. The third-order valence-corrected chi connectivity index (χ3v) is 7.03. The summed E-state index contributed by atoms with van der Waals surface area (Å²) < 4.78 is 4.90. The highest BCUT2D eigenvalue weighted by Gasteiger charge is 2.36. The number of hydrogen-bond acceptors (Lipinski definition) is 9. The average molecular weight is 592 g/mol. The van der Waals surface area contributed by atoms with Gasteiger partial charge in [0.15, 0.2) is 5.96 Å². The number of carbonyl (C=O) groups is 4. The number of hydrogen-bond donors (Lipinski definition) is 6. The Bertz CT molecular complexity index is 1120. The number of nitrogens with one attached hydrogen (secondary N) is 3. The molecular formula is C27H41N7O8. The SMILES string of the molecule is COC(=O)C(NC(=O)C(NC(=O)C(Cc1ccc([N+](=O)[O-])cc1)NC(=O)CCCN=C(N)N)C(C)O)C1CCCCC1. The number of guanidine groups is 1. The first-order valence-corrected chi connectivity index (χ1v) is 13.9. The van der Waals surface area contributed by atoms with Crippen molar-refractivity contribution in [1.29, 1.82) is 0 Å². The lowest BCUT2D eigenvalue weighted by Gasteiger charge is -2.31. The van der Waals surface area contributed by atoms with Gasteiger partial charge in [0.05, 0.1) is 18.1 Å². The van der Waals surface area contributed by atoms with Gasteiger partial charge in [-0.05, 0) is 37.7 Å². The number of nitrogens with zero attached hydrogens (tertiary/aromatic N) is 2. The summed E-state index contributed by atoms with van der Waals surface area (Å²) in [5, 5.41) is 29.2. The van der Waals surface area contributed by atoms with Gasteiger partial charge in [-0.2, -0.15) is 0 Å². The van der Waals surface area contributed by atoms with Gasteiger partial charge in [-0.15, -0.1) is 0 Å². The van der Waals surface area contributed by atoms with E-state index in [1.165, 1.54) is 38.3 Å². The Morgan fingerprint density at radius 2 is 1.71 bits per heavy atom. The molecule has 0 aliphatic heterocycles. The van der Waals surface area contributed by atoms with E-state index in [0.717, 1.165) is 32.1 Å². The molecule has 232 valence electrons. The number of carbonyl (C=O) groups excluding carboxylic acids is 4. The molecule has 0 radical (unpaired) electrons. The fourth-order valence-electron chi connectivity index (χ4n) is 4.78. The van der Waals surface area contributed by atoms with Crippen LogP contribution in [0.15, 0.2) is 29.3 Å². The van der Waals surface area contributed by atoms with Crippen LogP contribution in [0.4, 0.5) is 5.69 Å². The molecule has 1 aromatic carbocycles. The third kappa shape index (κ3) is 11.0. The second-order valence-electron chi connectivity index (χ2n) is 10.3. The first kappa shape index (κ1) is 33.9. The number of aliphatic hydroxyl groups is 1. The van der Waals surface area contributed by atoms with Gasteiger partial charge in [0.25, 0.3) is 5.69 Å². The van der Waals surface area contributed by atoms with Crippen molar-refractivity contribution < 1.29 is 33.9 Å². The van der Waals surface area contributed by atoms with Crippen LogP contribution in [-0.2, 0) is 30.3 Å². The fraction of sp³-hybridized carbons (Fsp3) is 0.593. The Hall–Kier alpha value is -4.27. The Labute approximate surface area is 244 Å². The van der Waals surface area contributed by atoms with Crippen LogP contribution in [0.2, 0.25) is 0 Å². The molecule has 8 N–H and O–H groups in total. The number of amides is 3. The van der Waals surface area contributed by atoms with Gasteiger partial charge >= 0.3 is 5.97 Å². The maximum Gasteiger partial charge on any atom is 0.328 e. The van der Waals surface area contributed by atoms with Crippen LogP contribution >= 0.6 is 0 Å². The Morgan fingerprint density at radius 1 is 1.07 bits per heavy atom. The molecule has 0 spiro atoms. The number of methoxy groups -OCH3 is 1. The summed E-state index contributed by atoms with van der Waals surface area (Å²) in [6.45, 7) is 1.51. The molecule has 15 heteroatoms. The van der Waals surface area contributed by atoms with Crippen LogP contribution in [0.5, 0.6) is 0 Å². The summed E-state index contributed by atoms with van der Waals surface area (Å²) in [5.41, 5.74) is 10.9. The number of rotatable bonds is 15. The van der Waals surface area contributed by atoms with Gasteiger partial charge in [0.2, 0.25) is 17.7 Å². The zero-order chi connectivity index (χ0) is 31.2. The maximum atomic E-state index is 13.4. The zero-order valence-electron chi connectivity index (χ0n) is 23.9. The molecule has 1 saturated carbocycles. The minimum absolute atomic E-state index is 0.0106. The van der Waals surface area contributed by atoms with Crippen LogP contribution < -0.4 is 27.4 Å². The van der Waals surface area contributed by atoms with E-state index in [9.17, 15) is 34.4 Å². The minimum atomic E-state index is -1.45. The van der Waals surface area contributed by atoms with Crippen LogP contribution in [0, 0.1) is 16.0 Å². The number of nitro benzene ring substituents is 1. The molecule has 0 heterocycles. The Balaban J connectivity index is 2.20. The zero-order valence-corrected chi connectivity index (χ0v) is 23.9. The lowest BCUT2D eigenvalue weighted by molar-refractivity contribution is -0.384. The largest absolute Gasteiger partial charge is 0.467 e. The van der Waals surface area contributed by atoms with Crippen LogP contribution in [0.1, 0.15) is 57.4 Å². The molecule has 2 rings (SSSR count). The van der Waals surface area contributed by atoms with E-state index in [4.69, 9.17) is 16.2 Å². The monoisotopic (exact) mass is 591 g/mol. The number of aliphatic hydroxyl groups excluding tert-OH is 1. The molecule has 1 aromatic rings. The number of aliphatic imine (C=N–C) groups is 1. The Kier molecular flexibility index (Phi) is 13.6. The van der Waals surface area contributed by atoms with E-state index in [-0.39, 0.29) is 37.0 Å². The third-order valence-electron chi connectivity index (χ3n) is 7.03. The number of ether oxygens (including phenoxy) is 1. The molecule has 4 atom stereocenters. The second kappa shape index (κ2) is 16.9. The van der Waals surface area contributed by atoms with Crippen molar-refractivity contribution >= 4 is 35.3 Å². The summed E-state index contributed by atoms with van der Waals surface area (Å²) in [4.78, 5) is 66.1. The molecule has 4 unspecified atom stereocenters. The second-order valence-corrected chi connectivity index (χ2v) is 10.3. The summed E-state index contributed by atoms with van der Waals surface area (Å²) in [7, 11) is 1.22. The van der Waals surface area contributed by atoms with E-state index in [0.29, 0.717) is 12.0 Å². The smallest absolute Gasteiger partial charge is 0.328 e. The maximum absolute atomic E-state index is 13.4. The van der Waals surface area contributed by atoms with Gasteiger partial charge in [-0.1, -0.05) is 31.4 Å². The molecule has 0 aromatic heterocycles. The van der Waals surface area contributed by atoms with Crippen molar-refractivity contribution in [3.63, 3.8) is 0 Å². The van der Waals surface area contributed by atoms with E-state index < -0.39 is 52.8 Å². The molecule has 0 saturated heterocycles. The topological polar surface area (TPSA) is 241 Å². The summed E-state index contributed by atoms with van der Waals surface area (Å²) in [6, 6.07) is 1.84. The number of nitro groups is 1. The van der Waals surface area contributed by atoms with Crippen LogP contribution in [0.3, 0.4) is 0 Å². The van der Waals surface area contributed by atoms with Gasteiger partial charge in [0, 0.05) is 31.5 Å². The number of nitrogens with two attached hydrogens (primary N) is 2. The van der Waals surface area contributed by atoms with E-state index in [2.05, 4.69) is 20.9 Å². The molecule has 15 nitrogen and oxygen atoms in total. The average Bonchev–Trinajstić information content (AvgIpc) is 2.96. The first-order chi connectivity index (χ1) is 19.9. The standard InChI is InChI=1S/C27H41N7O8/c1-16(35)22(25(38)33-23(26(39)42-2)18-7-4-3-5-8-18)32-24(37)20(31-21(36)9-6-14-30-27(28)29)15-17-10-12-19(13-11-17)34(40)41/h10-13,16,18,20,22-23,35H,3-9,14-15H2,1-2H3,(H,31,36)(H,32,37)(H,33,38)(H4,28,29,30). The predicted octanol–water partition coefficient (Wildman–Crippen LogP) is -0.221. The molecule has 1 aliphatic carbocycles. The van der Waals surface area contributed by atoms with Gasteiger partial charge in [-0.3, -0.25) is 29.5 Å². The van der Waals surface area contributed by atoms with Gasteiger partial charge in [-0.25, -0.2) is 4.79 Å². The highest BCUT2D eigenvalue weighted by Crippen LogP contribution is 2.27. The normalized spacial score (nSPS) is 16.2. The number of esters is 1. The quantitative estimate of drug-likeness (QED) is 0.0391. The highest BCUT2D eigenvalue weighted by atomic mass is 16.6. The van der Waals surface area contributed by atoms with E-state index in [1.807, 2.05) is 0 Å². The highest BCUT2D eigenvalue weighted by molar-refractivity contribution is 5.94. The van der Waals surface area contributed by atoms with Crippen LogP contribution in [-0.4, -0.2) is 77.6 Å². The fourth-order valence-corrected chi connectivity index (χ4v) is 4.78. The summed E-state index contributed by atoms with van der Waals surface area (Å²) in [5.74, 6) is -2.94.